The quantitative estimate of drug-likeness (QED) is 0.406. The summed E-state index contributed by atoms with van der Waals surface area (Å²) in [4.78, 5) is 12.8. The molecule has 3 aromatic carbocycles. The van der Waals surface area contributed by atoms with Crippen molar-refractivity contribution in [3.63, 3.8) is 0 Å². The lowest BCUT2D eigenvalue weighted by Crippen LogP contribution is -2.25. The summed E-state index contributed by atoms with van der Waals surface area (Å²) in [7, 11) is 1.58. The Labute approximate surface area is 216 Å². The van der Waals surface area contributed by atoms with Crippen molar-refractivity contribution in [2.24, 2.45) is 5.73 Å². The van der Waals surface area contributed by atoms with Crippen molar-refractivity contribution in [2.75, 3.05) is 13.7 Å². The van der Waals surface area contributed by atoms with Crippen LogP contribution < -0.4 is 15.2 Å². The molecule has 0 spiro atoms. The number of esters is 1. The zero-order valence-electron chi connectivity index (χ0n) is 21.0. The van der Waals surface area contributed by atoms with Crippen LogP contribution in [-0.4, -0.2) is 19.7 Å². The fraction of sp³-hybridized carbons (Fsp3) is 0.200. The van der Waals surface area contributed by atoms with Crippen molar-refractivity contribution in [2.45, 2.75) is 26.4 Å². The van der Waals surface area contributed by atoms with Gasteiger partial charge in [0.25, 0.3) is 0 Å². The first kappa shape index (κ1) is 25.4. The first-order valence-corrected chi connectivity index (χ1v) is 11.9. The molecule has 3 aromatic rings. The lowest BCUT2D eigenvalue weighted by Gasteiger charge is -2.27. The van der Waals surface area contributed by atoms with Crippen molar-refractivity contribution >= 4 is 5.97 Å². The Bertz CT molecular complexity index is 1390. The third-order valence-electron chi connectivity index (χ3n) is 6.09. The zero-order valence-corrected chi connectivity index (χ0v) is 21.0. The Balaban J connectivity index is 1.63. The second-order valence-corrected chi connectivity index (χ2v) is 8.37. The van der Waals surface area contributed by atoms with Gasteiger partial charge in [0, 0.05) is 5.56 Å². The first-order valence-electron chi connectivity index (χ1n) is 11.9. The molecule has 0 aromatic heterocycles. The predicted octanol–water partition coefficient (Wildman–Crippen LogP) is 5.59. The lowest BCUT2D eigenvalue weighted by molar-refractivity contribution is -0.139. The van der Waals surface area contributed by atoms with E-state index in [-0.39, 0.29) is 30.2 Å². The van der Waals surface area contributed by atoms with Crippen LogP contribution in [0.2, 0.25) is 0 Å². The summed E-state index contributed by atoms with van der Waals surface area (Å²) in [5, 5.41) is 9.84. The molecule has 7 heteroatoms. The number of hydrogen-bond acceptors (Lipinski definition) is 7. The number of nitrogens with zero attached hydrogens (tertiary/aromatic N) is 1. The standard InChI is InChI=1S/C30H28N2O5/c1-4-35-30(33)27-19(2)37-29(32)25(17-31)28(27)22-12-15-26(34-3)23(16-22)18-36-24-13-10-21(11-14-24)20-8-6-5-7-9-20/h5-16,28H,4,18,32H2,1-3H3. The van der Waals surface area contributed by atoms with E-state index in [0.29, 0.717) is 22.8 Å². The van der Waals surface area contributed by atoms with Gasteiger partial charge in [0.15, 0.2) is 0 Å². The molecule has 37 heavy (non-hydrogen) atoms. The average molecular weight is 497 g/mol. The van der Waals surface area contributed by atoms with Crippen molar-refractivity contribution in [3.8, 4) is 28.7 Å². The first-order chi connectivity index (χ1) is 18.0. The summed E-state index contributed by atoms with van der Waals surface area (Å²) in [6, 6.07) is 25.5. The van der Waals surface area contributed by atoms with Crippen molar-refractivity contribution in [1.82, 2.24) is 0 Å². The van der Waals surface area contributed by atoms with E-state index in [1.807, 2.05) is 48.5 Å². The second-order valence-electron chi connectivity index (χ2n) is 8.37. The summed E-state index contributed by atoms with van der Waals surface area (Å²) < 4.78 is 22.4. The van der Waals surface area contributed by atoms with E-state index in [9.17, 15) is 10.1 Å². The van der Waals surface area contributed by atoms with Crippen LogP contribution in [0.1, 0.15) is 30.9 Å². The second kappa shape index (κ2) is 11.4. The Kier molecular flexibility index (Phi) is 7.80. The smallest absolute Gasteiger partial charge is 0.338 e. The molecule has 0 saturated carbocycles. The van der Waals surface area contributed by atoms with Gasteiger partial charge in [0.1, 0.15) is 35.5 Å². The number of benzene rings is 3. The highest BCUT2D eigenvalue weighted by molar-refractivity contribution is 5.92. The van der Waals surface area contributed by atoms with Gasteiger partial charge in [-0.1, -0.05) is 48.5 Å². The number of carbonyl (C=O) groups excluding carboxylic acids is 1. The third-order valence-corrected chi connectivity index (χ3v) is 6.09. The van der Waals surface area contributed by atoms with Gasteiger partial charge in [-0.15, -0.1) is 0 Å². The number of nitrogens with two attached hydrogens (primary N) is 1. The summed E-state index contributed by atoms with van der Waals surface area (Å²) in [5.41, 5.74) is 10.0. The van der Waals surface area contributed by atoms with Crippen LogP contribution in [0.4, 0.5) is 0 Å². The van der Waals surface area contributed by atoms with Gasteiger partial charge in [-0.2, -0.15) is 5.26 Å². The summed E-state index contributed by atoms with van der Waals surface area (Å²) in [5.74, 6) is 0.274. The minimum Gasteiger partial charge on any atom is -0.496 e. The Morgan fingerprint density at radius 3 is 2.41 bits per heavy atom. The molecule has 0 bridgehead atoms. The van der Waals surface area contributed by atoms with Gasteiger partial charge in [-0.3, -0.25) is 0 Å². The maximum absolute atomic E-state index is 12.8. The van der Waals surface area contributed by atoms with E-state index in [1.54, 1.807) is 33.1 Å². The van der Waals surface area contributed by atoms with Crippen LogP contribution >= 0.6 is 0 Å². The molecular weight excluding hydrogens is 468 g/mol. The van der Waals surface area contributed by atoms with Crippen molar-refractivity contribution < 1.29 is 23.7 Å². The zero-order chi connectivity index (χ0) is 26.4. The lowest BCUT2D eigenvalue weighted by atomic mass is 9.82. The van der Waals surface area contributed by atoms with Gasteiger partial charge in [-0.05, 0) is 54.8 Å². The van der Waals surface area contributed by atoms with Gasteiger partial charge in [-0.25, -0.2) is 4.79 Å². The normalized spacial score (nSPS) is 15.0. The molecule has 1 heterocycles. The van der Waals surface area contributed by atoms with Gasteiger partial charge >= 0.3 is 5.97 Å². The number of methoxy groups -OCH3 is 1. The fourth-order valence-corrected chi connectivity index (χ4v) is 4.31. The van der Waals surface area contributed by atoms with Crippen LogP contribution in [0.25, 0.3) is 11.1 Å². The van der Waals surface area contributed by atoms with Crippen LogP contribution in [0.3, 0.4) is 0 Å². The highest BCUT2D eigenvalue weighted by Gasteiger charge is 2.36. The Hall–Kier alpha value is -4.70. The molecule has 2 N–H and O–H groups in total. The van der Waals surface area contributed by atoms with Crippen molar-refractivity contribution in [3.05, 3.63) is 107 Å². The molecule has 0 aliphatic carbocycles. The van der Waals surface area contributed by atoms with E-state index in [2.05, 4.69) is 18.2 Å². The number of nitriles is 1. The van der Waals surface area contributed by atoms with Gasteiger partial charge in [0.05, 0.1) is 25.2 Å². The minimum absolute atomic E-state index is 0.0369. The number of allylic oxidation sites excluding steroid dienone is 2. The van der Waals surface area contributed by atoms with E-state index < -0.39 is 11.9 Å². The van der Waals surface area contributed by atoms with E-state index >= 15 is 0 Å². The van der Waals surface area contributed by atoms with Gasteiger partial charge < -0.3 is 24.7 Å². The number of rotatable bonds is 8. The Morgan fingerprint density at radius 1 is 1.05 bits per heavy atom. The van der Waals surface area contributed by atoms with Crippen molar-refractivity contribution in [1.29, 1.82) is 5.26 Å². The molecule has 0 amide bonds. The topological polar surface area (TPSA) is 104 Å². The highest BCUT2D eigenvalue weighted by atomic mass is 16.5. The summed E-state index contributed by atoms with van der Waals surface area (Å²) >= 11 is 0. The number of ether oxygens (including phenoxy) is 4. The fourth-order valence-electron chi connectivity index (χ4n) is 4.31. The Morgan fingerprint density at radius 2 is 1.76 bits per heavy atom. The molecular formula is C30H28N2O5. The molecule has 0 fully saturated rings. The van der Waals surface area contributed by atoms with Crippen LogP contribution in [0.5, 0.6) is 11.5 Å². The molecule has 0 radical (unpaired) electrons. The summed E-state index contributed by atoms with van der Waals surface area (Å²) in [6.07, 6.45) is 0. The number of hydrogen-bond donors (Lipinski definition) is 1. The third kappa shape index (κ3) is 5.44. The molecule has 1 unspecified atom stereocenters. The molecule has 1 aliphatic rings. The van der Waals surface area contributed by atoms with E-state index in [1.165, 1.54) is 0 Å². The largest absolute Gasteiger partial charge is 0.496 e. The maximum Gasteiger partial charge on any atom is 0.338 e. The monoisotopic (exact) mass is 496 g/mol. The van der Waals surface area contributed by atoms with E-state index in [0.717, 1.165) is 16.7 Å². The number of carbonyl (C=O) groups is 1. The summed E-state index contributed by atoms with van der Waals surface area (Å²) in [6.45, 7) is 3.75. The van der Waals surface area contributed by atoms with Crippen LogP contribution in [0.15, 0.2) is 95.6 Å². The minimum atomic E-state index is -0.743. The van der Waals surface area contributed by atoms with Crippen LogP contribution in [0, 0.1) is 11.3 Å². The molecule has 1 aliphatic heterocycles. The molecule has 7 nitrogen and oxygen atoms in total. The average Bonchev–Trinajstić information content (AvgIpc) is 2.92. The predicted molar refractivity (Wildman–Crippen MR) is 139 cm³/mol. The maximum atomic E-state index is 12.8. The molecule has 4 rings (SSSR count). The molecule has 0 saturated heterocycles. The molecule has 188 valence electrons. The molecule has 1 atom stereocenters. The van der Waals surface area contributed by atoms with Crippen LogP contribution in [-0.2, 0) is 20.9 Å². The van der Waals surface area contributed by atoms with E-state index in [4.69, 9.17) is 24.7 Å². The SMILES string of the molecule is CCOC(=O)C1=C(C)OC(N)=C(C#N)C1c1ccc(OC)c(COc2ccc(-c3ccccc3)cc2)c1. The highest BCUT2D eigenvalue weighted by Crippen LogP contribution is 2.41. The van der Waals surface area contributed by atoms with Gasteiger partial charge in [0.2, 0.25) is 5.88 Å².